The molecule has 6 heteroatoms. The average Bonchev–Trinajstić information content (AvgIpc) is 3.24. The highest BCUT2D eigenvalue weighted by molar-refractivity contribution is 5.78. The van der Waals surface area contributed by atoms with Gasteiger partial charge in [-0.2, -0.15) is 0 Å². The SMILES string of the molecule is Cc1ccc(CNC(=O)C2CCN(Cc3ncc(-c4ccccc4)o3)CC2)cc1F. The van der Waals surface area contributed by atoms with Crippen LogP contribution in [-0.4, -0.2) is 28.9 Å². The Labute approximate surface area is 175 Å². The van der Waals surface area contributed by atoms with Crippen LogP contribution >= 0.6 is 0 Å². The normalized spacial score (nSPS) is 15.3. The standard InChI is InChI=1S/C24H26FN3O2/c1-17-7-8-18(13-21(17)25)14-27-24(29)20-9-11-28(12-10-20)16-23-26-15-22(30-23)19-5-3-2-4-6-19/h2-8,13,15,20H,9-12,14,16H2,1H3,(H,27,29). The number of nitrogens with zero attached hydrogens (tertiary/aromatic N) is 2. The van der Waals surface area contributed by atoms with Crippen LogP contribution in [0.1, 0.15) is 29.9 Å². The Bertz CT molecular complexity index is 995. The quantitative estimate of drug-likeness (QED) is 0.661. The number of oxazole rings is 1. The fraction of sp³-hybridized carbons (Fsp3) is 0.333. The number of piperidine rings is 1. The summed E-state index contributed by atoms with van der Waals surface area (Å²) in [6.45, 7) is 4.37. The number of nitrogens with one attached hydrogen (secondary N) is 1. The summed E-state index contributed by atoms with van der Waals surface area (Å²) in [6, 6.07) is 15.0. The molecule has 0 aliphatic carbocycles. The van der Waals surface area contributed by atoms with Crippen molar-refractivity contribution >= 4 is 5.91 Å². The molecule has 1 amide bonds. The van der Waals surface area contributed by atoms with E-state index >= 15 is 0 Å². The highest BCUT2D eigenvalue weighted by Gasteiger charge is 2.25. The molecule has 1 N–H and O–H groups in total. The molecule has 4 rings (SSSR count). The highest BCUT2D eigenvalue weighted by atomic mass is 19.1. The molecular formula is C24H26FN3O2. The minimum atomic E-state index is -0.239. The van der Waals surface area contributed by atoms with Crippen LogP contribution in [-0.2, 0) is 17.9 Å². The van der Waals surface area contributed by atoms with Gasteiger partial charge in [0.25, 0.3) is 0 Å². The average molecular weight is 407 g/mol. The van der Waals surface area contributed by atoms with Crippen molar-refractivity contribution < 1.29 is 13.6 Å². The van der Waals surface area contributed by atoms with E-state index in [0.29, 0.717) is 24.5 Å². The van der Waals surface area contributed by atoms with Crippen LogP contribution in [0.2, 0.25) is 0 Å². The third-order valence-electron chi connectivity index (χ3n) is 5.63. The lowest BCUT2D eigenvalue weighted by atomic mass is 9.96. The zero-order chi connectivity index (χ0) is 20.9. The maximum absolute atomic E-state index is 13.6. The summed E-state index contributed by atoms with van der Waals surface area (Å²) in [7, 11) is 0. The lowest BCUT2D eigenvalue weighted by Crippen LogP contribution is -2.40. The molecule has 0 radical (unpaired) electrons. The van der Waals surface area contributed by atoms with E-state index in [1.807, 2.05) is 36.4 Å². The van der Waals surface area contributed by atoms with Crippen molar-refractivity contribution in [1.82, 2.24) is 15.2 Å². The predicted molar refractivity (Wildman–Crippen MR) is 113 cm³/mol. The number of aryl methyl sites for hydroxylation is 1. The number of carbonyl (C=O) groups excluding carboxylic acids is 1. The van der Waals surface area contributed by atoms with E-state index in [1.165, 1.54) is 6.07 Å². The fourth-order valence-electron chi connectivity index (χ4n) is 3.74. The van der Waals surface area contributed by atoms with Crippen molar-refractivity contribution in [3.05, 3.63) is 77.6 Å². The fourth-order valence-corrected chi connectivity index (χ4v) is 3.74. The van der Waals surface area contributed by atoms with Gasteiger partial charge in [0.15, 0.2) is 5.76 Å². The van der Waals surface area contributed by atoms with Crippen LogP contribution in [0.15, 0.2) is 59.1 Å². The molecule has 1 aromatic heterocycles. The number of halogens is 1. The molecular weight excluding hydrogens is 381 g/mol. The first kappa shape index (κ1) is 20.3. The molecule has 1 aliphatic rings. The van der Waals surface area contributed by atoms with E-state index in [9.17, 15) is 9.18 Å². The maximum Gasteiger partial charge on any atom is 0.223 e. The van der Waals surface area contributed by atoms with Crippen molar-refractivity contribution in [3.8, 4) is 11.3 Å². The van der Waals surface area contributed by atoms with Crippen molar-refractivity contribution in [1.29, 1.82) is 0 Å². The molecule has 2 aromatic carbocycles. The van der Waals surface area contributed by atoms with Crippen LogP contribution in [0, 0.1) is 18.7 Å². The molecule has 1 saturated heterocycles. The molecule has 0 spiro atoms. The van der Waals surface area contributed by atoms with E-state index in [-0.39, 0.29) is 17.6 Å². The van der Waals surface area contributed by atoms with Gasteiger partial charge in [-0.15, -0.1) is 0 Å². The Morgan fingerprint density at radius 3 is 2.70 bits per heavy atom. The minimum Gasteiger partial charge on any atom is -0.439 e. The topological polar surface area (TPSA) is 58.4 Å². The Balaban J connectivity index is 1.24. The number of amides is 1. The zero-order valence-electron chi connectivity index (χ0n) is 17.1. The summed E-state index contributed by atoms with van der Waals surface area (Å²) >= 11 is 0. The number of aromatic nitrogens is 1. The Morgan fingerprint density at radius 2 is 1.97 bits per heavy atom. The summed E-state index contributed by atoms with van der Waals surface area (Å²) in [5.74, 6) is 1.25. The summed E-state index contributed by atoms with van der Waals surface area (Å²) in [5, 5.41) is 2.95. The van der Waals surface area contributed by atoms with Crippen LogP contribution in [0.3, 0.4) is 0 Å². The molecule has 0 saturated carbocycles. The van der Waals surface area contributed by atoms with E-state index in [0.717, 1.165) is 42.8 Å². The zero-order valence-corrected chi connectivity index (χ0v) is 17.1. The number of rotatable bonds is 6. The molecule has 0 atom stereocenters. The molecule has 0 bridgehead atoms. The highest BCUT2D eigenvalue weighted by Crippen LogP contribution is 2.23. The largest absolute Gasteiger partial charge is 0.439 e. The van der Waals surface area contributed by atoms with E-state index in [2.05, 4.69) is 15.2 Å². The number of carbonyl (C=O) groups is 1. The molecule has 2 heterocycles. The molecule has 0 unspecified atom stereocenters. The van der Waals surface area contributed by atoms with Gasteiger partial charge in [0.05, 0.1) is 12.7 Å². The van der Waals surface area contributed by atoms with Crippen molar-refractivity contribution in [2.75, 3.05) is 13.1 Å². The molecule has 5 nitrogen and oxygen atoms in total. The van der Waals surface area contributed by atoms with Crippen molar-refractivity contribution in [2.24, 2.45) is 5.92 Å². The Kier molecular flexibility index (Phi) is 6.23. The Morgan fingerprint density at radius 1 is 1.20 bits per heavy atom. The minimum absolute atomic E-state index is 0.0130. The van der Waals surface area contributed by atoms with Crippen LogP contribution in [0.4, 0.5) is 4.39 Å². The molecule has 30 heavy (non-hydrogen) atoms. The van der Waals surface area contributed by atoms with Gasteiger partial charge in [-0.25, -0.2) is 9.37 Å². The van der Waals surface area contributed by atoms with Crippen molar-refractivity contribution in [2.45, 2.75) is 32.9 Å². The van der Waals surface area contributed by atoms with E-state index in [1.54, 1.807) is 19.2 Å². The monoisotopic (exact) mass is 407 g/mol. The third kappa shape index (κ3) is 4.94. The second kappa shape index (κ2) is 9.22. The summed E-state index contributed by atoms with van der Waals surface area (Å²) < 4.78 is 19.5. The predicted octanol–water partition coefficient (Wildman–Crippen LogP) is 4.32. The van der Waals surface area contributed by atoms with Gasteiger partial charge in [0, 0.05) is 18.0 Å². The van der Waals surface area contributed by atoms with Gasteiger partial charge in [-0.1, -0.05) is 42.5 Å². The van der Waals surface area contributed by atoms with E-state index in [4.69, 9.17) is 4.42 Å². The maximum atomic E-state index is 13.6. The molecule has 156 valence electrons. The number of likely N-dealkylation sites (tertiary alicyclic amines) is 1. The number of hydrogen-bond donors (Lipinski definition) is 1. The molecule has 3 aromatic rings. The smallest absolute Gasteiger partial charge is 0.223 e. The first-order chi connectivity index (χ1) is 14.6. The Hall–Kier alpha value is -2.99. The van der Waals surface area contributed by atoms with Gasteiger partial charge >= 0.3 is 0 Å². The van der Waals surface area contributed by atoms with Gasteiger partial charge in [0.2, 0.25) is 11.8 Å². The van der Waals surface area contributed by atoms with Crippen LogP contribution < -0.4 is 5.32 Å². The van der Waals surface area contributed by atoms with Crippen LogP contribution in [0.5, 0.6) is 0 Å². The summed E-state index contributed by atoms with van der Waals surface area (Å²) in [4.78, 5) is 19.2. The molecule has 1 aliphatic heterocycles. The summed E-state index contributed by atoms with van der Waals surface area (Å²) in [5.41, 5.74) is 2.40. The lowest BCUT2D eigenvalue weighted by molar-refractivity contribution is -0.126. The third-order valence-corrected chi connectivity index (χ3v) is 5.63. The molecule has 1 fully saturated rings. The van der Waals surface area contributed by atoms with Crippen LogP contribution in [0.25, 0.3) is 11.3 Å². The van der Waals surface area contributed by atoms with Gasteiger partial charge in [0.1, 0.15) is 5.82 Å². The van der Waals surface area contributed by atoms with Gasteiger partial charge < -0.3 is 9.73 Å². The second-order valence-electron chi connectivity index (χ2n) is 7.84. The van der Waals surface area contributed by atoms with Gasteiger partial charge in [-0.3, -0.25) is 9.69 Å². The van der Waals surface area contributed by atoms with Gasteiger partial charge in [-0.05, 0) is 50.0 Å². The lowest BCUT2D eigenvalue weighted by Gasteiger charge is -2.30. The van der Waals surface area contributed by atoms with E-state index < -0.39 is 0 Å². The van der Waals surface area contributed by atoms with Crippen molar-refractivity contribution in [3.63, 3.8) is 0 Å². The summed E-state index contributed by atoms with van der Waals surface area (Å²) in [6.07, 6.45) is 3.35. The first-order valence-electron chi connectivity index (χ1n) is 10.3. The second-order valence-corrected chi connectivity index (χ2v) is 7.84. The number of benzene rings is 2. The number of hydrogen-bond acceptors (Lipinski definition) is 4. The first-order valence-corrected chi connectivity index (χ1v) is 10.3.